The Labute approximate surface area is 75.3 Å². The monoisotopic (exact) mass is 188 g/mol. The van der Waals surface area contributed by atoms with E-state index < -0.39 is 24.1 Å². The van der Waals surface area contributed by atoms with Crippen molar-refractivity contribution in [1.82, 2.24) is 4.90 Å². The molecule has 0 aliphatic carbocycles. The minimum atomic E-state index is -0.738. The maximum atomic E-state index is 11.1. The number of likely N-dealkylation sites (tertiary alicyclic amines) is 1. The molecule has 0 saturated carbocycles. The van der Waals surface area contributed by atoms with Gasteiger partial charge in [0.05, 0.1) is 13.2 Å². The molecule has 1 aliphatic heterocycles. The normalized spacial score (nSPS) is 27.4. The van der Waals surface area contributed by atoms with E-state index >= 15 is 0 Å². The average molecular weight is 188 g/mol. The number of primary amides is 1. The topological polar surface area (TPSA) is 92.9 Å². The van der Waals surface area contributed by atoms with Gasteiger partial charge in [-0.25, -0.2) is 9.59 Å². The van der Waals surface area contributed by atoms with E-state index in [4.69, 9.17) is 5.73 Å². The van der Waals surface area contributed by atoms with E-state index in [-0.39, 0.29) is 13.0 Å². The number of hydrogen-bond acceptors (Lipinski definition) is 4. The summed E-state index contributed by atoms with van der Waals surface area (Å²) in [7, 11) is 1.23. The van der Waals surface area contributed by atoms with Crippen LogP contribution in [0.5, 0.6) is 0 Å². The molecule has 1 aliphatic rings. The number of methoxy groups -OCH3 is 1. The number of β-amino-alcohol motifs (C(OH)–C–C–N with tert-alkyl or cyclic N) is 1. The Morgan fingerprint density at radius 2 is 2.23 bits per heavy atom. The molecule has 0 aromatic carbocycles. The first-order chi connectivity index (χ1) is 6.06. The number of aliphatic hydroxyl groups is 1. The fourth-order valence-electron chi connectivity index (χ4n) is 1.42. The summed E-state index contributed by atoms with van der Waals surface area (Å²) < 4.78 is 4.46. The molecule has 0 bridgehead atoms. The van der Waals surface area contributed by atoms with Crippen LogP contribution in [-0.2, 0) is 9.53 Å². The van der Waals surface area contributed by atoms with Crippen molar-refractivity contribution in [2.75, 3.05) is 13.7 Å². The zero-order chi connectivity index (χ0) is 10.0. The summed E-state index contributed by atoms with van der Waals surface area (Å²) in [5, 5.41) is 9.21. The van der Waals surface area contributed by atoms with Gasteiger partial charge in [-0.15, -0.1) is 0 Å². The molecule has 74 valence electrons. The molecule has 3 N–H and O–H groups in total. The van der Waals surface area contributed by atoms with Gasteiger partial charge in [0.1, 0.15) is 6.04 Å². The predicted molar refractivity (Wildman–Crippen MR) is 42.7 cm³/mol. The van der Waals surface area contributed by atoms with Crippen LogP contribution in [0.4, 0.5) is 4.79 Å². The van der Waals surface area contributed by atoms with Gasteiger partial charge in [0, 0.05) is 13.0 Å². The molecule has 0 radical (unpaired) electrons. The molecule has 0 spiro atoms. The SMILES string of the molecule is COC(=O)[C@H]1C[C@H](O)CN1C(N)=O. The summed E-state index contributed by atoms with van der Waals surface area (Å²) in [6, 6.07) is -1.45. The summed E-state index contributed by atoms with van der Waals surface area (Å²) in [5.41, 5.74) is 5.01. The molecule has 0 aromatic heterocycles. The Hall–Kier alpha value is -1.30. The quantitative estimate of drug-likeness (QED) is 0.499. The lowest BCUT2D eigenvalue weighted by molar-refractivity contribution is -0.145. The largest absolute Gasteiger partial charge is 0.467 e. The van der Waals surface area contributed by atoms with Crippen molar-refractivity contribution in [2.45, 2.75) is 18.6 Å². The third kappa shape index (κ3) is 1.89. The van der Waals surface area contributed by atoms with Gasteiger partial charge in [-0.2, -0.15) is 0 Å². The zero-order valence-corrected chi connectivity index (χ0v) is 7.27. The first kappa shape index (κ1) is 9.79. The summed E-state index contributed by atoms with van der Waals surface area (Å²) in [6.07, 6.45) is -0.508. The fourth-order valence-corrected chi connectivity index (χ4v) is 1.42. The first-order valence-electron chi connectivity index (χ1n) is 3.88. The van der Waals surface area contributed by atoms with Crippen molar-refractivity contribution in [2.24, 2.45) is 5.73 Å². The number of amides is 2. The Balaban J connectivity index is 2.71. The molecule has 1 saturated heterocycles. The van der Waals surface area contributed by atoms with E-state index in [2.05, 4.69) is 4.74 Å². The number of carbonyl (C=O) groups is 2. The highest BCUT2D eigenvalue weighted by molar-refractivity contribution is 5.83. The van der Waals surface area contributed by atoms with E-state index in [0.29, 0.717) is 0 Å². The van der Waals surface area contributed by atoms with Crippen molar-refractivity contribution < 1.29 is 19.4 Å². The summed E-state index contributed by atoms with van der Waals surface area (Å²) in [4.78, 5) is 23.0. The van der Waals surface area contributed by atoms with Crippen LogP contribution in [0, 0.1) is 0 Å². The second-order valence-electron chi connectivity index (χ2n) is 2.92. The van der Waals surface area contributed by atoms with Crippen LogP contribution in [0.15, 0.2) is 0 Å². The Bertz CT molecular complexity index is 231. The van der Waals surface area contributed by atoms with Crippen LogP contribution in [0.1, 0.15) is 6.42 Å². The lowest BCUT2D eigenvalue weighted by Crippen LogP contribution is -2.44. The molecule has 6 nitrogen and oxygen atoms in total. The Morgan fingerprint density at radius 3 is 2.69 bits per heavy atom. The lowest BCUT2D eigenvalue weighted by atomic mass is 10.2. The Kier molecular flexibility index (Phi) is 2.72. The molecule has 0 aromatic rings. The summed E-state index contributed by atoms with van der Waals surface area (Å²) >= 11 is 0. The highest BCUT2D eigenvalue weighted by atomic mass is 16.5. The average Bonchev–Trinajstić information content (AvgIpc) is 2.46. The lowest BCUT2D eigenvalue weighted by Gasteiger charge is -2.19. The number of carbonyl (C=O) groups excluding carboxylic acids is 2. The number of urea groups is 1. The minimum Gasteiger partial charge on any atom is -0.467 e. The second-order valence-corrected chi connectivity index (χ2v) is 2.92. The van der Waals surface area contributed by atoms with Gasteiger partial charge in [-0.3, -0.25) is 0 Å². The maximum absolute atomic E-state index is 11.1. The maximum Gasteiger partial charge on any atom is 0.328 e. The van der Waals surface area contributed by atoms with Crippen LogP contribution in [0.2, 0.25) is 0 Å². The number of aliphatic hydroxyl groups excluding tert-OH is 1. The molecular formula is C7H12N2O4. The van der Waals surface area contributed by atoms with Crippen LogP contribution >= 0.6 is 0 Å². The van der Waals surface area contributed by atoms with Gasteiger partial charge in [0.15, 0.2) is 0 Å². The smallest absolute Gasteiger partial charge is 0.328 e. The molecule has 6 heteroatoms. The zero-order valence-electron chi connectivity index (χ0n) is 7.27. The summed E-state index contributed by atoms with van der Waals surface area (Å²) in [6.45, 7) is 0.0924. The van der Waals surface area contributed by atoms with E-state index in [0.717, 1.165) is 4.90 Å². The number of nitrogens with two attached hydrogens (primary N) is 1. The molecule has 0 unspecified atom stereocenters. The standard InChI is InChI=1S/C7H12N2O4/c1-13-6(11)5-2-4(10)3-9(5)7(8)12/h4-5,10H,2-3H2,1H3,(H2,8,12)/t4-,5+/m0/s1. The third-order valence-corrected chi connectivity index (χ3v) is 2.04. The van der Waals surface area contributed by atoms with E-state index in [1.54, 1.807) is 0 Å². The Morgan fingerprint density at radius 1 is 1.62 bits per heavy atom. The fraction of sp³-hybridized carbons (Fsp3) is 0.714. The molecule has 13 heavy (non-hydrogen) atoms. The van der Waals surface area contributed by atoms with E-state index in [9.17, 15) is 14.7 Å². The minimum absolute atomic E-state index is 0.0924. The highest BCUT2D eigenvalue weighted by Crippen LogP contribution is 2.18. The molecular weight excluding hydrogens is 176 g/mol. The third-order valence-electron chi connectivity index (χ3n) is 2.04. The predicted octanol–water partition coefficient (Wildman–Crippen LogP) is -1.33. The molecule has 2 amide bonds. The van der Waals surface area contributed by atoms with Gasteiger partial charge >= 0.3 is 12.0 Å². The molecule has 1 heterocycles. The number of rotatable bonds is 1. The van der Waals surface area contributed by atoms with Gasteiger partial charge in [0.25, 0.3) is 0 Å². The van der Waals surface area contributed by atoms with Gasteiger partial charge in [-0.05, 0) is 0 Å². The summed E-state index contributed by atoms with van der Waals surface area (Å²) in [5.74, 6) is -0.546. The number of nitrogens with zero attached hydrogens (tertiary/aromatic N) is 1. The van der Waals surface area contributed by atoms with E-state index in [1.807, 2.05) is 0 Å². The van der Waals surface area contributed by atoms with Crippen LogP contribution in [-0.4, -0.2) is 47.8 Å². The first-order valence-corrected chi connectivity index (χ1v) is 3.88. The number of ether oxygens (including phenoxy) is 1. The van der Waals surface area contributed by atoms with Crippen LogP contribution in [0.3, 0.4) is 0 Å². The highest BCUT2D eigenvalue weighted by Gasteiger charge is 2.38. The van der Waals surface area contributed by atoms with Gasteiger partial charge in [-0.1, -0.05) is 0 Å². The van der Waals surface area contributed by atoms with Crippen molar-refractivity contribution in [3.05, 3.63) is 0 Å². The molecule has 1 rings (SSSR count). The molecule has 2 atom stereocenters. The van der Waals surface area contributed by atoms with Crippen LogP contribution in [0.25, 0.3) is 0 Å². The van der Waals surface area contributed by atoms with Crippen molar-refractivity contribution >= 4 is 12.0 Å². The number of esters is 1. The van der Waals surface area contributed by atoms with E-state index in [1.165, 1.54) is 7.11 Å². The van der Waals surface area contributed by atoms with Crippen molar-refractivity contribution in [1.29, 1.82) is 0 Å². The second kappa shape index (κ2) is 3.61. The van der Waals surface area contributed by atoms with Crippen molar-refractivity contribution in [3.8, 4) is 0 Å². The van der Waals surface area contributed by atoms with Crippen molar-refractivity contribution in [3.63, 3.8) is 0 Å². The number of hydrogen-bond donors (Lipinski definition) is 2. The van der Waals surface area contributed by atoms with Crippen LogP contribution < -0.4 is 5.73 Å². The molecule has 1 fully saturated rings. The van der Waals surface area contributed by atoms with Gasteiger partial charge in [0.2, 0.25) is 0 Å². The van der Waals surface area contributed by atoms with Gasteiger partial charge < -0.3 is 20.5 Å².